The summed E-state index contributed by atoms with van der Waals surface area (Å²) in [6.07, 6.45) is 0. The molecule has 2 aromatic carbocycles. The highest BCUT2D eigenvalue weighted by molar-refractivity contribution is 7.88. The summed E-state index contributed by atoms with van der Waals surface area (Å²) in [6, 6.07) is 10.5. The smallest absolute Gasteiger partial charge is 0.376 e. The van der Waals surface area contributed by atoms with Gasteiger partial charge in [0.1, 0.15) is 11.5 Å². The van der Waals surface area contributed by atoms with Crippen LogP contribution >= 0.6 is 0 Å². The molecule has 168 valence electrons. The van der Waals surface area contributed by atoms with Crippen molar-refractivity contribution >= 4 is 20.2 Å². The third-order valence-corrected chi connectivity index (χ3v) is 4.95. The number of hydrogen-bond acceptors (Lipinski definition) is 6. The van der Waals surface area contributed by atoms with Crippen LogP contribution in [0.5, 0.6) is 11.5 Å². The summed E-state index contributed by atoms with van der Waals surface area (Å²) >= 11 is 0. The zero-order chi connectivity index (χ0) is 23.4. The number of halogens is 6. The minimum absolute atomic E-state index is 0.354. The van der Waals surface area contributed by atoms with E-state index in [0.29, 0.717) is 5.56 Å². The maximum atomic E-state index is 11.9. The van der Waals surface area contributed by atoms with E-state index in [0.717, 1.165) is 23.8 Å². The molecule has 2 rings (SSSR count). The lowest BCUT2D eigenvalue weighted by Crippen LogP contribution is -2.28. The Balaban J connectivity index is 0.000000300. The van der Waals surface area contributed by atoms with Gasteiger partial charge in [0.05, 0.1) is 0 Å². The molecule has 0 fully saturated rings. The van der Waals surface area contributed by atoms with Crippen LogP contribution in [0, 0.1) is 13.8 Å². The molecule has 0 saturated carbocycles. The van der Waals surface area contributed by atoms with Gasteiger partial charge in [-0.25, -0.2) is 0 Å². The summed E-state index contributed by atoms with van der Waals surface area (Å²) in [6.45, 7) is 3.31. The lowest BCUT2D eigenvalue weighted by atomic mass is 10.2. The highest BCUT2D eigenvalue weighted by Gasteiger charge is 2.49. The maximum Gasteiger partial charge on any atom is 0.534 e. The lowest BCUT2D eigenvalue weighted by Gasteiger charge is -2.09. The molecular weight excluding hydrogens is 466 g/mol. The van der Waals surface area contributed by atoms with Crippen LogP contribution in [0.4, 0.5) is 26.3 Å². The van der Waals surface area contributed by atoms with E-state index in [2.05, 4.69) is 8.37 Å². The van der Waals surface area contributed by atoms with Crippen molar-refractivity contribution in [1.82, 2.24) is 0 Å². The molecule has 0 N–H and O–H groups in total. The molecule has 0 atom stereocenters. The topological polar surface area (TPSA) is 86.7 Å². The standard InChI is InChI=1S/2C8H7F3O3S/c1-6-2-4-7(5-3-6)14-15(12,13)8(9,10)11;1-6-3-2-4-7(5-6)14-15(12,13)8(9,10)11/h2*2-5H,1H3. The molecule has 0 radical (unpaired) electrons. The molecule has 0 saturated heterocycles. The quantitative estimate of drug-likeness (QED) is 0.365. The molecule has 0 aliphatic carbocycles. The Bertz CT molecular complexity index is 1060. The molecular formula is C16H14F6O6S2. The molecule has 0 aromatic heterocycles. The highest BCUT2D eigenvalue weighted by atomic mass is 32.2. The third-order valence-electron chi connectivity index (χ3n) is 2.99. The van der Waals surface area contributed by atoms with E-state index in [1.165, 1.54) is 24.3 Å². The molecule has 0 spiro atoms. The van der Waals surface area contributed by atoms with Crippen LogP contribution < -0.4 is 8.37 Å². The predicted octanol–water partition coefficient (Wildman–Crippen LogP) is 4.45. The third kappa shape index (κ3) is 7.40. The van der Waals surface area contributed by atoms with E-state index in [4.69, 9.17) is 0 Å². The molecule has 0 aliphatic rings. The van der Waals surface area contributed by atoms with Crippen molar-refractivity contribution in [2.75, 3.05) is 0 Å². The normalized spacial score (nSPS) is 12.5. The van der Waals surface area contributed by atoms with E-state index in [9.17, 15) is 43.2 Å². The number of aryl methyl sites for hydroxylation is 2. The Labute approximate surface area is 168 Å². The summed E-state index contributed by atoms with van der Waals surface area (Å²) in [5.74, 6) is -0.717. The first-order valence-electron chi connectivity index (χ1n) is 7.59. The van der Waals surface area contributed by atoms with Crippen LogP contribution in [0.25, 0.3) is 0 Å². The van der Waals surface area contributed by atoms with Crippen LogP contribution in [0.3, 0.4) is 0 Å². The van der Waals surface area contributed by atoms with Crippen molar-refractivity contribution in [3.05, 3.63) is 59.7 Å². The minimum atomic E-state index is -5.57. The first kappa shape index (κ1) is 25.6. The fourth-order valence-electron chi connectivity index (χ4n) is 1.61. The van der Waals surface area contributed by atoms with Gasteiger partial charge in [-0.3, -0.25) is 0 Å². The van der Waals surface area contributed by atoms with Crippen molar-refractivity contribution in [3.63, 3.8) is 0 Å². The summed E-state index contributed by atoms with van der Waals surface area (Å²) in [5, 5.41) is 0. The second kappa shape index (κ2) is 9.12. The van der Waals surface area contributed by atoms with E-state index < -0.39 is 31.3 Å². The summed E-state index contributed by atoms with van der Waals surface area (Å²) < 4.78 is 121. The van der Waals surface area contributed by atoms with Crippen molar-refractivity contribution < 1.29 is 51.5 Å². The van der Waals surface area contributed by atoms with Gasteiger partial charge in [-0.1, -0.05) is 29.8 Å². The second-order valence-corrected chi connectivity index (χ2v) is 8.67. The van der Waals surface area contributed by atoms with Gasteiger partial charge in [0, 0.05) is 0 Å². The van der Waals surface area contributed by atoms with Gasteiger partial charge in [0.15, 0.2) is 0 Å². The molecule has 0 heterocycles. The molecule has 0 amide bonds. The molecule has 30 heavy (non-hydrogen) atoms. The van der Waals surface area contributed by atoms with Gasteiger partial charge in [-0.15, -0.1) is 0 Å². The summed E-state index contributed by atoms with van der Waals surface area (Å²) in [7, 11) is -11.1. The largest absolute Gasteiger partial charge is 0.534 e. The van der Waals surface area contributed by atoms with Gasteiger partial charge in [0.25, 0.3) is 0 Å². The lowest BCUT2D eigenvalue weighted by molar-refractivity contribution is -0.0504. The summed E-state index contributed by atoms with van der Waals surface area (Å²) in [4.78, 5) is 0. The Hall–Kier alpha value is -2.48. The fourth-order valence-corrected chi connectivity index (χ4v) is 2.52. The predicted molar refractivity (Wildman–Crippen MR) is 93.6 cm³/mol. The van der Waals surface area contributed by atoms with Crippen LogP contribution in [-0.2, 0) is 20.2 Å². The molecule has 0 unspecified atom stereocenters. The molecule has 14 heteroatoms. The van der Waals surface area contributed by atoms with Gasteiger partial charge >= 0.3 is 31.3 Å². The molecule has 6 nitrogen and oxygen atoms in total. The van der Waals surface area contributed by atoms with E-state index in [1.807, 2.05) is 0 Å². The SMILES string of the molecule is Cc1ccc(OS(=O)(=O)C(F)(F)F)cc1.Cc1cccc(OS(=O)(=O)C(F)(F)F)c1. The van der Waals surface area contributed by atoms with Gasteiger partial charge in [0.2, 0.25) is 0 Å². The number of hydrogen-bond donors (Lipinski definition) is 0. The van der Waals surface area contributed by atoms with Crippen LogP contribution in [0.2, 0.25) is 0 Å². The average Bonchev–Trinajstić information content (AvgIpc) is 2.55. The van der Waals surface area contributed by atoms with Crippen LogP contribution in [0.15, 0.2) is 48.5 Å². The van der Waals surface area contributed by atoms with Crippen molar-refractivity contribution in [2.24, 2.45) is 0 Å². The van der Waals surface area contributed by atoms with Crippen LogP contribution in [0.1, 0.15) is 11.1 Å². The maximum absolute atomic E-state index is 11.9. The van der Waals surface area contributed by atoms with E-state index in [-0.39, 0.29) is 11.5 Å². The summed E-state index contributed by atoms with van der Waals surface area (Å²) in [5.41, 5.74) is -9.43. The monoisotopic (exact) mass is 480 g/mol. The number of rotatable bonds is 4. The van der Waals surface area contributed by atoms with E-state index >= 15 is 0 Å². The average molecular weight is 480 g/mol. The Morgan fingerprint density at radius 2 is 1.07 bits per heavy atom. The number of alkyl halides is 6. The Morgan fingerprint density at radius 3 is 1.47 bits per heavy atom. The van der Waals surface area contributed by atoms with Gasteiger partial charge < -0.3 is 8.37 Å². The van der Waals surface area contributed by atoms with Crippen molar-refractivity contribution in [1.29, 1.82) is 0 Å². The Morgan fingerprint density at radius 1 is 0.633 bits per heavy atom. The molecule has 0 aliphatic heterocycles. The van der Waals surface area contributed by atoms with Gasteiger partial charge in [-0.2, -0.15) is 43.2 Å². The minimum Gasteiger partial charge on any atom is -0.376 e. The van der Waals surface area contributed by atoms with Crippen molar-refractivity contribution in [2.45, 2.75) is 24.9 Å². The van der Waals surface area contributed by atoms with Crippen molar-refractivity contribution in [3.8, 4) is 11.5 Å². The fraction of sp³-hybridized carbons (Fsp3) is 0.250. The molecule has 2 aromatic rings. The number of benzene rings is 2. The first-order chi connectivity index (χ1) is 13.4. The van der Waals surface area contributed by atoms with Gasteiger partial charge in [-0.05, 0) is 43.7 Å². The zero-order valence-electron chi connectivity index (χ0n) is 15.2. The molecule has 0 bridgehead atoms. The Kier molecular flexibility index (Phi) is 7.77. The van der Waals surface area contributed by atoms with Crippen LogP contribution in [-0.4, -0.2) is 27.9 Å². The first-order valence-corrected chi connectivity index (χ1v) is 10.4. The van der Waals surface area contributed by atoms with E-state index in [1.54, 1.807) is 19.9 Å². The highest BCUT2D eigenvalue weighted by Crippen LogP contribution is 2.28. The second-order valence-electron chi connectivity index (χ2n) is 5.60. The zero-order valence-corrected chi connectivity index (χ0v) is 16.8.